The van der Waals surface area contributed by atoms with E-state index in [9.17, 15) is 19.2 Å². The van der Waals surface area contributed by atoms with Gasteiger partial charge in [-0.25, -0.2) is 9.59 Å². The monoisotopic (exact) mass is 350 g/mol. The molecular weight excluding hydrogens is 328 g/mol. The predicted octanol–water partition coefficient (Wildman–Crippen LogP) is 0.918. The van der Waals surface area contributed by atoms with Crippen molar-refractivity contribution in [1.29, 1.82) is 0 Å². The highest BCUT2D eigenvalue weighted by molar-refractivity contribution is 6.09. The van der Waals surface area contributed by atoms with E-state index in [4.69, 9.17) is 4.42 Å². The van der Waals surface area contributed by atoms with Crippen molar-refractivity contribution >= 4 is 23.9 Å². The maximum Gasteiger partial charge on any atom is 0.325 e. The van der Waals surface area contributed by atoms with Gasteiger partial charge in [0.1, 0.15) is 12.3 Å². The molecule has 0 bridgehead atoms. The molecule has 1 fully saturated rings. The first kappa shape index (κ1) is 18.5. The number of rotatable bonds is 6. The quantitative estimate of drug-likeness (QED) is 0.659. The van der Waals surface area contributed by atoms with Crippen molar-refractivity contribution in [3.8, 4) is 0 Å². The van der Waals surface area contributed by atoms with Crippen LogP contribution in [0.4, 0.5) is 9.59 Å². The Morgan fingerprint density at radius 1 is 1.36 bits per heavy atom. The number of urea groups is 2. The maximum absolute atomic E-state index is 12.5. The van der Waals surface area contributed by atoms with Crippen LogP contribution in [0.25, 0.3) is 0 Å². The summed E-state index contributed by atoms with van der Waals surface area (Å²) in [4.78, 5) is 48.8. The van der Waals surface area contributed by atoms with E-state index in [1.54, 1.807) is 12.1 Å². The van der Waals surface area contributed by atoms with Crippen molar-refractivity contribution in [3.05, 3.63) is 24.2 Å². The van der Waals surface area contributed by atoms with Crippen molar-refractivity contribution in [2.45, 2.75) is 32.7 Å². The van der Waals surface area contributed by atoms with Crippen LogP contribution in [0.1, 0.15) is 33.0 Å². The SMILES string of the molecule is CC(C)CCNC(=O)NC(=O)CN1C(=O)N[C@](C)(c2ccco2)C1=O. The number of furan rings is 1. The molecule has 1 aliphatic heterocycles. The minimum absolute atomic E-state index is 0.264. The smallest absolute Gasteiger partial charge is 0.325 e. The number of carbonyl (C=O) groups excluding carboxylic acids is 4. The maximum atomic E-state index is 12.5. The fraction of sp³-hybridized carbons (Fsp3) is 0.500. The van der Waals surface area contributed by atoms with Gasteiger partial charge in [0.2, 0.25) is 5.91 Å². The van der Waals surface area contributed by atoms with Gasteiger partial charge < -0.3 is 15.1 Å². The molecule has 1 atom stereocenters. The van der Waals surface area contributed by atoms with E-state index in [-0.39, 0.29) is 5.76 Å². The van der Waals surface area contributed by atoms with Gasteiger partial charge in [-0.05, 0) is 31.4 Å². The van der Waals surface area contributed by atoms with E-state index in [0.717, 1.165) is 11.3 Å². The second-order valence-corrected chi connectivity index (χ2v) is 6.41. The Hall–Kier alpha value is -2.84. The lowest BCUT2D eigenvalue weighted by atomic mass is 9.99. The number of carbonyl (C=O) groups is 4. The lowest BCUT2D eigenvalue weighted by Gasteiger charge is -2.18. The average molecular weight is 350 g/mol. The van der Waals surface area contributed by atoms with Crippen LogP contribution < -0.4 is 16.0 Å². The highest BCUT2D eigenvalue weighted by Crippen LogP contribution is 2.28. The summed E-state index contributed by atoms with van der Waals surface area (Å²) in [5.74, 6) is -0.696. The van der Waals surface area contributed by atoms with Gasteiger partial charge in [-0.15, -0.1) is 0 Å². The van der Waals surface area contributed by atoms with Crippen LogP contribution in [0.3, 0.4) is 0 Å². The number of hydrogen-bond acceptors (Lipinski definition) is 5. The molecule has 0 aliphatic carbocycles. The molecule has 6 amide bonds. The molecule has 0 spiro atoms. The van der Waals surface area contributed by atoms with Gasteiger partial charge in [-0.3, -0.25) is 19.8 Å². The van der Waals surface area contributed by atoms with Gasteiger partial charge in [0, 0.05) is 6.54 Å². The minimum Gasteiger partial charge on any atom is -0.466 e. The molecule has 1 saturated heterocycles. The van der Waals surface area contributed by atoms with Crippen LogP contribution in [0, 0.1) is 5.92 Å². The number of amides is 6. The Kier molecular flexibility index (Phi) is 5.45. The normalized spacial score (nSPS) is 19.9. The zero-order chi connectivity index (χ0) is 18.6. The summed E-state index contributed by atoms with van der Waals surface area (Å²) < 4.78 is 5.19. The fourth-order valence-electron chi connectivity index (χ4n) is 2.40. The topological polar surface area (TPSA) is 121 Å². The Morgan fingerprint density at radius 2 is 2.08 bits per heavy atom. The summed E-state index contributed by atoms with van der Waals surface area (Å²) in [6.07, 6.45) is 2.16. The van der Waals surface area contributed by atoms with Gasteiger partial charge in [0.25, 0.3) is 5.91 Å². The van der Waals surface area contributed by atoms with Gasteiger partial charge in [0.15, 0.2) is 5.54 Å². The van der Waals surface area contributed by atoms with Gasteiger partial charge in [-0.1, -0.05) is 13.8 Å². The molecular formula is C16H22N4O5. The van der Waals surface area contributed by atoms with Crippen molar-refractivity contribution < 1.29 is 23.6 Å². The minimum atomic E-state index is -1.37. The highest BCUT2D eigenvalue weighted by Gasteiger charge is 2.51. The van der Waals surface area contributed by atoms with Crippen LogP contribution in [-0.2, 0) is 15.1 Å². The Bertz CT molecular complexity index is 670. The average Bonchev–Trinajstić information content (AvgIpc) is 3.11. The first-order chi connectivity index (χ1) is 11.7. The summed E-state index contributed by atoms with van der Waals surface area (Å²) in [5, 5.41) is 7.14. The third-order valence-electron chi connectivity index (χ3n) is 3.85. The van der Waals surface area contributed by atoms with Gasteiger partial charge >= 0.3 is 12.1 Å². The third-order valence-corrected chi connectivity index (χ3v) is 3.85. The van der Waals surface area contributed by atoms with Crippen molar-refractivity contribution in [3.63, 3.8) is 0 Å². The predicted molar refractivity (Wildman–Crippen MR) is 87.3 cm³/mol. The molecule has 3 N–H and O–H groups in total. The van der Waals surface area contributed by atoms with Gasteiger partial charge in [-0.2, -0.15) is 0 Å². The third kappa shape index (κ3) is 4.17. The second kappa shape index (κ2) is 7.37. The number of nitrogens with zero attached hydrogens (tertiary/aromatic N) is 1. The number of imide groups is 2. The lowest BCUT2D eigenvalue weighted by Crippen LogP contribution is -2.47. The molecule has 1 aromatic rings. The van der Waals surface area contributed by atoms with Crippen LogP contribution in [0.2, 0.25) is 0 Å². The summed E-state index contributed by atoms with van der Waals surface area (Å²) in [7, 11) is 0. The Balaban J connectivity index is 1.92. The number of hydrogen-bond donors (Lipinski definition) is 3. The van der Waals surface area contributed by atoms with Crippen LogP contribution >= 0.6 is 0 Å². The van der Waals surface area contributed by atoms with Crippen LogP contribution in [-0.4, -0.2) is 41.9 Å². The van der Waals surface area contributed by atoms with Crippen molar-refractivity contribution in [2.75, 3.05) is 13.1 Å². The van der Waals surface area contributed by atoms with E-state index in [1.165, 1.54) is 13.2 Å². The fourth-order valence-corrected chi connectivity index (χ4v) is 2.40. The molecule has 136 valence electrons. The molecule has 2 heterocycles. The molecule has 0 saturated carbocycles. The Morgan fingerprint density at radius 3 is 2.68 bits per heavy atom. The van der Waals surface area contributed by atoms with E-state index in [0.29, 0.717) is 12.5 Å². The van der Waals surface area contributed by atoms with E-state index in [1.807, 2.05) is 13.8 Å². The summed E-state index contributed by atoms with van der Waals surface area (Å²) in [5.41, 5.74) is -1.37. The zero-order valence-electron chi connectivity index (χ0n) is 14.4. The highest BCUT2D eigenvalue weighted by atomic mass is 16.3. The molecule has 0 aromatic carbocycles. The summed E-state index contributed by atoms with van der Waals surface area (Å²) >= 11 is 0. The standard InChI is InChI=1S/C16H22N4O5/c1-10(2)6-7-17-14(23)18-12(21)9-20-13(22)16(3,19-15(20)24)11-5-4-8-25-11/h4-5,8,10H,6-7,9H2,1-3H3,(H,19,24)(H2,17,18,21,23)/t16-/m1/s1. The van der Waals surface area contributed by atoms with Crippen molar-refractivity contribution in [2.24, 2.45) is 5.92 Å². The molecule has 0 radical (unpaired) electrons. The summed E-state index contributed by atoms with van der Waals surface area (Å²) in [6.45, 7) is 5.38. The first-order valence-electron chi connectivity index (χ1n) is 8.00. The molecule has 9 nitrogen and oxygen atoms in total. The lowest BCUT2D eigenvalue weighted by molar-refractivity contribution is -0.135. The van der Waals surface area contributed by atoms with E-state index >= 15 is 0 Å². The molecule has 1 aliphatic rings. The Labute approximate surface area is 145 Å². The first-order valence-corrected chi connectivity index (χ1v) is 8.00. The molecule has 2 rings (SSSR count). The molecule has 0 unspecified atom stereocenters. The molecule has 1 aromatic heterocycles. The summed E-state index contributed by atoms with van der Waals surface area (Å²) in [6, 6.07) is 1.77. The zero-order valence-corrected chi connectivity index (χ0v) is 14.4. The molecule has 25 heavy (non-hydrogen) atoms. The molecule has 9 heteroatoms. The second-order valence-electron chi connectivity index (χ2n) is 6.41. The largest absolute Gasteiger partial charge is 0.466 e. The van der Waals surface area contributed by atoms with E-state index in [2.05, 4.69) is 16.0 Å². The van der Waals surface area contributed by atoms with Crippen LogP contribution in [0.5, 0.6) is 0 Å². The van der Waals surface area contributed by atoms with E-state index < -0.39 is 36.0 Å². The van der Waals surface area contributed by atoms with Crippen LogP contribution in [0.15, 0.2) is 22.8 Å². The van der Waals surface area contributed by atoms with Gasteiger partial charge in [0.05, 0.1) is 6.26 Å². The number of nitrogens with one attached hydrogen (secondary N) is 3. The van der Waals surface area contributed by atoms with Crippen molar-refractivity contribution in [1.82, 2.24) is 20.9 Å².